The molecular weight excluding hydrogens is 406 g/mol. The van der Waals surface area contributed by atoms with Gasteiger partial charge in [0.05, 0.1) is 0 Å². The summed E-state index contributed by atoms with van der Waals surface area (Å²) in [6.07, 6.45) is 3.70. The fourth-order valence-corrected chi connectivity index (χ4v) is 3.30. The van der Waals surface area contributed by atoms with Crippen LogP contribution in [-0.2, 0) is 0 Å². The highest BCUT2D eigenvalue weighted by molar-refractivity contribution is 6.10. The summed E-state index contributed by atoms with van der Waals surface area (Å²) in [7, 11) is 0. The average molecular weight is 424 g/mol. The molecular formula is C28H18F2O2. The molecule has 0 bridgehead atoms. The molecule has 0 saturated carbocycles. The standard InChI is InChI=1S/C28H18F2O2/c29-25-13-9-21(10-14-25)27(31)23-5-1-3-19(17-23)7-8-20-4-2-6-24(18-20)28(32)22-11-15-26(30)16-12-22/h1-18H/b8-7+. The third kappa shape index (κ3) is 4.93. The van der Waals surface area contributed by atoms with Gasteiger partial charge in [0, 0.05) is 22.3 Å². The minimum absolute atomic E-state index is 0.188. The van der Waals surface area contributed by atoms with Crippen molar-refractivity contribution >= 4 is 23.7 Å². The van der Waals surface area contributed by atoms with Crippen molar-refractivity contribution in [1.29, 1.82) is 0 Å². The number of ketones is 2. The van der Waals surface area contributed by atoms with Crippen molar-refractivity contribution in [2.45, 2.75) is 0 Å². The number of hydrogen-bond donors (Lipinski definition) is 0. The van der Waals surface area contributed by atoms with E-state index in [4.69, 9.17) is 0 Å². The van der Waals surface area contributed by atoms with Crippen LogP contribution in [0.5, 0.6) is 0 Å². The smallest absolute Gasteiger partial charge is 0.193 e. The van der Waals surface area contributed by atoms with Gasteiger partial charge in [0.2, 0.25) is 0 Å². The van der Waals surface area contributed by atoms with E-state index in [1.54, 1.807) is 36.4 Å². The molecule has 0 atom stereocenters. The van der Waals surface area contributed by atoms with Gasteiger partial charge in [-0.25, -0.2) is 8.78 Å². The van der Waals surface area contributed by atoms with Gasteiger partial charge >= 0.3 is 0 Å². The van der Waals surface area contributed by atoms with Crippen LogP contribution in [-0.4, -0.2) is 11.6 Å². The zero-order valence-corrected chi connectivity index (χ0v) is 17.0. The third-order valence-electron chi connectivity index (χ3n) is 4.98. The molecule has 4 heteroatoms. The summed E-state index contributed by atoms with van der Waals surface area (Å²) >= 11 is 0. The van der Waals surface area contributed by atoms with Crippen molar-refractivity contribution < 1.29 is 18.4 Å². The first kappa shape index (κ1) is 21.1. The number of hydrogen-bond acceptors (Lipinski definition) is 2. The molecule has 0 spiro atoms. The Kier molecular flexibility index (Phi) is 6.13. The lowest BCUT2D eigenvalue weighted by atomic mass is 9.99. The minimum atomic E-state index is -0.390. The Hall–Kier alpha value is -4.18. The van der Waals surface area contributed by atoms with Crippen LogP contribution in [0.15, 0.2) is 97.1 Å². The second kappa shape index (κ2) is 9.31. The molecule has 0 fully saturated rings. The summed E-state index contributed by atoms with van der Waals surface area (Å²) in [5, 5.41) is 0. The maximum absolute atomic E-state index is 13.1. The predicted molar refractivity (Wildman–Crippen MR) is 121 cm³/mol. The van der Waals surface area contributed by atoms with Crippen LogP contribution in [0.25, 0.3) is 12.2 Å². The second-order valence-corrected chi connectivity index (χ2v) is 7.26. The third-order valence-corrected chi connectivity index (χ3v) is 4.98. The number of rotatable bonds is 6. The number of carbonyl (C=O) groups is 2. The Morgan fingerprint density at radius 2 is 0.875 bits per heavy atom. The van der Waals surface area contributed by atoms with Crippen molar-refractivity contribution in [2.75, 3.05) is 0 Å². The van der Waals surface area contributed by atoms with Gasteiger partial charge in [0.1, 0.15) is 11.6 Å². The van der Waals surface area contributed by atoms with Crippen molar-refractivity contribution in [2.24, 2.45) is 0 Å². The largest absolute Gasteiger partial charge is 0.289 e. The monoisotopic (exact) mass is 424 g/mol. The molecule has 0 aliphatic carbocycles. The molecule has 0 N–H and O–H groups in total. The fourth-order valence-electron chi connectivity index (χ4n) is 3.30. The normalized spacial score (nSPS) is 10.9. The van der Waals surface area contributed by atoms with E-state index >= 15 is 0 Å². The van der Waals surface area contributed by atoms with Gasteiger partial charge < -0.3 is 0 Å². The quantitative estimate of drug-likeness (QED) is 0.258. The highest BCUT2D eigenvalue weighted by Gasteiger charge is 2.10. The van der Waals surface area contributed by atoms with E-state index in [2.05, 4.69) is 0 Å². The van der Waals surface area contributed by atoms with E-state index in [0.29, 0.717) is 22.3 Å². The second-order valence-electron chi connectivity index (χ2n) is 7.26. The summed E-state index contributed by atoms with van der Waals surface area (Å²) in [5.74, 6) is -1.16. The van der Waals surface area contributed by atoms with Crippen LogP contribution >= 0.6 is 0 Å². The molecule has 0 unspecified atom stereocenters. The van der Waals surface area contributed by atoms with Gasteiger partial charge in [0.25, 0.3) is 0 Å². The fraction of sp³-hybridized carbons (Fsp3) is 0. The molecule has 0 amide bonds. The molecule has 2 nitrogen and oxygen atoms in total. The van der Waals surface area contributed by atoms with E-state index < -0.39 is 11.6 Å². The van der Waals surface area contributed by atoms with Gasteiger partial charge in [-0.05, 0) is 71.8 Å². The lowest BCUT2D eigenvalue weighted by molar-refractivity contribution is 0.103. The maximum Gasteiger partial charge on any atom is 0.193 e. The Morgan fingerprint density at radius 3 is 1.25 bits per heavy atom. The predicted octanol–water partition coefficient (Wildman–Crippen LogP) is 6.60. The van der Waals surface area contributed by atoms with Crippen molar-refractivity contribution in [3.63, 3.8) is 0 Å². The lowest BCUT2D eigenvalue weighted by Gasteiger charge is -2.04. The van der Waals surface area contributed by atoms with Gasteiger partial charge in [-0.15, -0.1) is 0 Å². The first-order chi connectivity index (χ1) is 15.5. The Bertz CT molecular complexity index is 1200. The van der Waals surface area contributed by atoms with Gasteiger partial charge in [-0.3, -0.25) is 9.59 Å². The summed E-state index contributed by atoms with van der Waals surface area (Å²) in [5.41, 5.74) is 3.46. The van der Waals surface area contributed by atoms with Gasteiger partial charge in [-0.2, -0.15) is 0 Å². The van der Waals surface area contributed by atoms with Crippen LogP contribution in [0.4, 0.5) is 8.78 Å². The number of carbonyl (C=O) groups excluding carboxylic acids is 2. The average Bonchev–Trinajstić information content (AvgIpc) is 2.83. The molecule has 0 aromatic heterocycles. The van der Waals surface area contributed by atoms with Crippen LogP contribution in [0.2, 0.25) is 0 Å². The Morgan fingerprint density at radius 1 is 0.500 bits per heavy atom. The number of halogens is 2. The van der Waals surface area contributed by atoms with Gasteiger partial charge in [-0.1, -0.05) is 48.6 Å². The molecule has 32 heavy (non-hydrogen) atoms. The van der Waals surface area contributed by atoms with Crippen molar-refractivity contribution in [1.82, 2.24) is 0 Å². The molecule has 0 aliphatic heterocycles. The van der Waals surface area contributed by atoms with E-state index in [1.807, 2.05) is 24.3 Å². The highest BCUT2D eigenvalue weighted by Crippen LogP contribution is 2.17. The SMILES string of the molecule is O=C(c1ccc(F)cc1)c1cccc(/C=C/c2cccc(C(=O)c3ccc(F)cc3)c2)c1. The first-order valence-corrected chi connectivity index (χ1v) is 9.98. The molecule has 0 radical (unpaired) electrons. The molecule has 4 rings (SSSR count). The summed E-state index contributed by atoms with van der Waals surface area (Å²) in [6.45, 7) is 0. The maximum atomic E-state index is 13.1. The summed E-state index contributed by atoms with van der Waals surface area (Å²) in [6, 6.07) is 25.1. The van der Waals surface area contributed by atoms with Crippen LogP contribution in [0, 0.1) is 11.6 Å². The van der Waals surface area contributed by atoms with E-state index in [-0.39, 0.29) is 11.6 Å². The summed E-state index contributed by atoms with van der Waals surface area (Å²) < 4.78 is 26.2. The molecule has 0 heterocycles. The van der Waals surface area contributed by atoms with Crippen LogP contribution < -0.4 is 0 Å². The lowest BCUT2D eigenvalue weighted by Crippen LogP contribution is -2.01. The topological polar surface area (TPSA) is 34.1 Å². The Balaban J connectivity index is 1.53. The molecule has 0 aliphatic rings. The first-order valence-electron chi connectivity index (χ1n) is 9.98. The number of benzene rings is 4. The van der Waals surface area contributed by atoms with Gasteiger partial charge in [0.15, 0.2) is 11.6 Å². The van der Waals surface area contributed by atoms with Crippen molar-refractivity contribution in [3.05, 3.63) is 142 Å². The van der Waals surface area contributed by atoms with Crippen LogP contribution in [0.3, 0.4) is 0 Å². The van der Waals surface area contributed by atoms with E-state index in [1.165, 1.54) is 48.5 Å². The summed E-state index contributed by atoms with van der Waals surface area (Å²) in [4.78, 5) is 25.3. The van der Waals surface area contributed by atoms with E-state index in [0.717, 1.165) is 11.1 Å². The van der Waals surface area contributed by atoms with Crippen LogP contribution in [0.1, 0.15) is 43.0 Å². The highest BCUT2D eigenvalue weighted by atomic mass is 19.1. The minimum Gasteiger partial charge on any atom is -0.289 e. The van der Waals surface area contributed by atoms with E-state index in [9.17, 15) is 18.4 Å². The zero-order valence-electron chi connectivity index (χ0n) is 17.0. The van der Waals surface area contributed by atoms with Crippen molar-refractivity contribution in [3.8, 4) is 0 Å². The molecule has 156 valence electrons. The molecule has 0 saturated heterocycles. The Labute approximate surface area is 184 Å². The molecule has 4 aromatic rings. The zero-order chi connectivity index (χ0) is 22.5. The molecule has 4 aromatic carbocycles.